The number of hydrogen-bond acceptors (Lipinski definition) is 4. The van der Waals surface area contributed by atoms with Gasteiger partial charge in [0.25, 0.3) is 5.91 Å². The van der Waals surface area contributed by atoms with Gasteiger partial charge in [-0.05, 0) is 23.9 Å². The Morgan fingerprint density at radius 2 is 2.12 bits per heavy atom. The molecule has 2 amide bonds. The molecule has 0 saturated carbocycles. The third-order valence-corrected chi connectivity index (χ3v) is 3.02. The zero-order valence-corrected chi connectivity index (χ0v) is 11.1. The Kier molecular flexibility index (Phi) is 4.62. The van der Waals surface area contributed by atoms with Crippen molar-refractivity contribution in [2.75, 3.05) is 5.32 Å². The summed E-state index contributed by atoms with van der Waals surface area (Å²) in [5.41, 5.74) is 6.31. The van der Waals surface area contributed by atoms with Crippen LogP contribution >= 0.6 is 11.5 Å². The predicted octanol–water partition coefficient (Wildman–Crippen LogP) is 2.10. The summed E-state index contributed by atoms with van der Waals surface area (Å²) in [4.78, 5) is 22.9. The van der Waals surface area contributed by atoms with E-state index in [0.29, 0.717) is 22.7 Å². The van der Waals surface area contributed by atoms with Crippen LogP contribution in [0.3, 0.4) is 0 Å². The minimum atomic E-state index is -0.547. The number of aromatic nitrogens is 1. The van der Waals surface area contributed by atoms with E-state index < -0.39 is 5.91 Å². The number of hydrogen-bond donors (Lipinski definition) is 2. The molecule has 1 heterocycles. The van der Waals surface area contributed by atoms with E-state index in [1.54, 1.807) is 0 Å². The number of amides is 2. The Hall–Kier alpha value is -1.43. The van der Waals surface area contributed by atoms with Crippen molar-refractivity contribution in [3.05, 3.63) is 11.3 Å². The van der Waals surface area contributed by atoms with Gasteiger partial charge >= 0.3 is 0 Å². The minimum Gasteiger partial charge on any atom is -0.365 e. The molecule has 0 spiro atoms. The maximum atomic E-state index is 11.5. The second-order valence-corrected chi connectivity index (χ2v) is 4.86. The van der Waals surface area contributed by atoms with Crippen LogP contribution < -0.4 is 11.1 Å². The summed E-state index contributed by atoms with van der Waals surface area (Å²) in [6.07, 6.45) is 1.18. The molecule has 94 valence electrons. The third kappa shape index (κ3) is 3.26. The number of carbonyl (C=O) groups excluding carboxylic acids is 2. The van der Waals surface area contributed by atoms with Crippen molar-refractivity contribution in [1.82, 2.24) is 4.37 Å². The Labute approximate surface area is 105 Å². The zero-order chi connectivity index (χ0) is 13.0. The highest BCUT2D eigenvalue weighted by atomic mass is 32.1. The monoisotopic (exact) mass is 255 g/mol. The van der Waals surface area contributed by atoms with Crippen LogP contribution in [-0.2, 0) is 4.79 Å². The summed E-state index contributed by atoms with van der Waals surface area (Å²) in [6.45, 7) is 5.78. The van der Waals surface area contributed by atoms with E-state index in [1.165, 1.54) is 0 Å². The number of nitrogens with two attached hydrogens (primary N) is 1. The molecular formula is C11H17N3O2S. The SMILES string of the molecule is CCCC(=O)Nc1snc(C(C)C)c1C(N)=O. The van der Waals surface area contributed by atoms with Crippen LogP contribution in [0.25, 0.3) is 0 Å². The fourth-order valence-corrected chi connectivity index (χ4v) is 2.38. The Bertz CT molecular complexity index is 426. The molecule has 0 unspecified atom stereocenters. The first-order valence-corrected chi connectivity index (χ1v) is 6.33. The average molecular weight is 255 g/mol. The predicted molar refractivity (Wildman–Crippen MR) is 68.3 cm³/mol. The highest BCUT2D eigenvalue weighted by Gasteiger charge is 2.21. The Morgan fingerprint density at radius 1 is 1.47 bits per heavy atom. The van der Waals surface area contributed by atoms with Crippen LogP contribution in [0, 0.1) is 0 Å². The topological polar surface area (TPSA) is 85.1 Å². The molecule has 17 heavy (non-hydrogen) atoms. The van der Waals surface area contributed by atoms with E-state index in [1.807, 2.05) is 20.8 Å². The van der Waals surface area contributed by atoms with Crippen LogP contribution in [0.4, 0.5) is 5.00 Å². The molecule has 1 rings (SSSR count). The Balaban J connectivity index is 3.00. The number of primary amides is 1. The maximum Gasteiger partial charge on any atom is 0.253 e. The molecule has 0 aliphatic carbocycles. The number of rotatable bonds is 5. The van der Waals surface area contributed by atoms with Gasteiger partial charge in [-0.1, -0.05) is 20.8 Å². The third-order valence-electron chi connectivity index (χ3n) is 2.24. The molecule has 5 nitrogen and oxygen atoms in total. The summed E-state index contributed by atoms with van der Waals surface area (Å²) in [5, 5.41) is 3.14. The molecule has 1 aromatic heterocycles. The van der Waals surface area contributed by atoms with Crippen LogP contribution in [0.15, 0.2) is 0 Å². The van der Waals surface area contributed by atoms with Crippen molar-refractivity contribution in [2.24, 2.45) is 5.73 Å². The van der Waals surface area contributed by atoms with Gasteiger partial charge in [0, 0.05) is 6.42 Å². The van der Waals surface area contributed by atoms with Gasteiger partial charge in [0.1, 0.15) is 5.00 Å². The molecule has 0 aliphatic rings. The molecule has 0 radical (unpaired) electrons. The fraction of sp³-hybridized carbons (Fsp3) is 0.545. The van der Waals surface area contributed by atoms with Gasteiger partial charge < -0.3 is 11.1 Å². The Morgan fingerprint density at radius 3 is 2.59 bits per heavy atom. The standard InChI is InChI=1S/C11H17N3O2S/c1-4-5-7(15)13-11-8(10(12)16)9(6(2)3)14-17-11/h6H,4-5H2,1-3H3,(H2,12,16)(H,13,15). The van der Waals surface area contributed by atoms with Crippen molar-refractivity contribution in [3.63, 3.8) is 0 Å². The van der Waals surface area contributed by atoms with Gasteiger partial charge in [0.15, 0.2) is 0 Å². The van der Waals surface area contributed by atoms with Gasteiger partial charge in [-0.3, -0.25) is 9.59 Å². The van der Waals surface area contributed by atoms with Gasteiger partial charge in [0.05, 0.1) is 11.3 Å². The summed E-state index contributed by atoms with van der Waals surface area (Å²) in [5.74, 6) is -0.561. The average Bonchev–Trinajstić information content (AvgIpc) is 2.61. The first-order valence-electron chi connectivity index (χ1n) is 5.56. The van der Waals surface area contributed by atoms with Gasteiger partial charge in [0.2, 0.25) is 5.91 Å². The quantitative estimate of drug-likeness (QED) is 0.845. The normalized spacial score (nSPS) is 10.6. The van der Waals surface area contributed by atoms with Crippen molar-refractivity contribution < 1.29 is 9.59 Å². The van der Waals surface area contributed by atoms with Crippen molar-refractivity contribution >= 4 is 28.3 Å². The summed E-state index contributed by atoms with van der Waals surface area (Å²) >= 11 is 1.10. The number of anilines is 1. The summed E-state index contributed by atoms with van der Waals surface area (Å²) in [7, 11) is 0. The molecule has 0 aliphatic heterocycles. The lowest BCUT2D eigenvalue weighted by molar-refractivity contribution is -0.116. The summed E-state index contributed by atoms with van der Waals surface area (Å²) < 4.78 is 4.18. The number of nitrogens with one attached hydrogen (secondary N) is 1. The molecule has 6 heteroatoms. The van der Waals surface area contributed by atoms with Crippen molar-refractivity contribution in [2.45, 2.75) is 39.5 Å². The van der Waals surface area contributed by atoms with Crippen LogP contribution in [0.1, 0.15) is 55.6 Å². The molecule has 0 aromatic carbocycles. The van der Waals surface area contributed by atoms with Crippen LogP contribution in [0.5, 0.6) is 0 Å². The van der Waals surface area contributed by atoms with Gasteiger partial charge in [-0.25, -0.2) is 0 Å². The van der Waals surface area contributed by atoms with Gasteiger partial charge in [-0.2, -0.15) is 4.37 Å². The molecule has 3 N–H and O–H groups in total. The highest BCUT2D eigenvalue weighted by Crippen LogP contribution is 2.29. The largest absolute Gasteiger partial charge is 0.365 e. The van der Waals surface area contributed by atoms with E-state index in [-0.39, 0.29) is 11.8 Å². The minimum absolute atomic E-state index is 0.102. The van der Waals surface area contributed by atoms with E-state index >= 15 is 0 Å². The van der Waals surface area contributed by atoms with Crippen LogP contribution in [0.2, 0.25) is 0 Å². The van der Waals surface area contributed by atoms with Crippen molar-refractivity contribution in [1.29, 1.82) is 0 Å². The molecular weight excluding hydrogens is 238 g/mol. The molecule has 0 saturated heterocycles. The maximum absolute atomic E-state index is 11.5. The number of carbonyl (C=O) groups is 2. The zero-order valence-electron chi connectivity index (χ0n) is 10.2. The molecule has 1 aromatic rings. The highest BCUT2D eigenvalue weighted by molar-refractivity contribution is 7.11. The molecule has 0 atom stereocenters. The summed E-state index contributed by atoms with van der Waals surface area (Å²) in [6, 6.07) is 0. The van der Waals surface area contributed by atoms with Crippen molar-refractivity contribution in [3.8, 4) is 0 Å². The van der Waals surface area contributed by atoms with Crippen LogP contribution in [-0.4, -0.2) is 16.2 Å². The first kappa shape index (κ1) is 13.6. The van der Waals surface area contributed by atoms with E-state index in [9.17, 15) is 9.59 Å². The molecule has 0 bridgehead atoms. The van der Waals surface area contributed by atoms with Gasteiger partial charge in [-0.15, -0.1) is 0 Å². The smallest absolute Gasteiger partial charge is 0.253 e. The fourth-order valence-electron chi connectivity index (χ4n) is 1.44. The lowest BCUT2D eigenvalue weighted by Gasteiger charge is -2.05. The van der Waals surface area contributed by atoms with E-state index in [4.69, 9.17) is 5.73 Å². The van der Waals surface area contributed by atoms with E-state index in [0.717, 1.165) is 18.0 Å². The lowest BCUT2D eigenvalue weighted by atomic mass is 10.1. The molecule has 0 fully saturated rings. The lowest BCUT2D eigenvalue weighted by Crippen LogP contribution is -2.18. The number of nitrogens with zero attached hydrogens (tertiary/aromatic N) is 1. The first-order chi connectivity index (χ1) is 7.97. The van der Waals surface area contributed by atoms with E-state index in [2.05, 4.69) is 9.69 Å². The second-order valence-electron chi connectivity index (χ2n) is 4.09. The second kappa shape index (κ2) is 5.77.